The van der Waals surface area contributed by atoms with E-state index in [0.29, 0.717) is 37.2 Å². The summed E-state index contributed by atoms with van der Waals surface area (Å²) in [6.07, 6.45) is 1.33. The predicted octanol–water partition coefficient (Wildman–Crippen LogP) is 5.30. The number of amides is 1. The molecular weight excluding hydrogens is 437 g/mol. The molecule has 3 rings (SSSR count). The third kappa shape index (κ3) is 5.93. The summed E-state index contributed by atoms with van der Waals surface area (Å²) in [6, 6.07) is 21.4. The van der Waals surface area contributed by atoms with Gasteiger partial charge in [0.1, 0.15) is 0 Å². The van der Waals surface area contributed by atoms with E-state index in [1.54, 1.807) is 23.1 Å². The summed E-state index contributed by atoms with van der Waals surface area (Å²) in [7, 11) is 4.11. The zero-order chi connectivity index (χ0) is 22.9. The second-order valence-corrected chi connectivity index (χ2v) is 9.27. The van der Waals surface area contributed by atoms with Gasteiger partial charge in [-0.15, -0.1) is 0 Å². The first-order valence-electron chi connectivity index (χ1n) is 10.5. The molecule has 0 N–H and O–H groups in total. The first-order chi connectivity index (χ1) is 15.6. The molecule has 162 valence electrons. The molecule has 0 aromatic heterocycles. The van der Waals surface area contributed by atoms with Crippen LogP contribution in [0.1, 0.15) is 36.8 Å². The molecule has 0 bridgehead atoms. The van der Waals surface area contributed by atoms with Gasteiger partial charge in [-0.2, -0.15) is 5.26 Å². The molecule has 2 aromatic carbocycles. The molecule has 3 atom stereocenters. The number of thioether (sulfide) groups is 1. The number of piperidine rings is 1. The third-order valence-corrected chi connectivity index (χ3v) is 7.13. The van der Waals surface area contributed by atoms with E-state index in [9.17, 15) is 10.1 Å². The van der Waals surface area contributed by atoms with E-state index >= 15 is 0 Å². The van der Waals surface area contributed by atoms with Gasteiger partial charge in [-0.3, -0.25) is 0 Å². The van der Waals surface area contributed by atoms with Gasteiger partial charge in [0.15, 0.2) is 0 Å². The number of nitriles is 2. The Morgan fingerprint density at radius 1 is 1.16 bits per heavy atom. The summed E-state index contributed by atoms with van der Waals surface area (Å²) in [6.45, 7) is 3.10. The van der Waals surface area contributed by atoms with Crippen LogP contribution in [0.4, 0.5) is 0 Å². The van der Waals surface area contributed by atoms with Gasteiger partial charge in [0.2, 0.25) is 0 Å². The number of hydrogen-bond acceptors (Lipinski definition) is 5. The van der Waals surface area contributed by atoms with Gasteiger partial charge < -0.3 is 0 Å². The van der Waals surface area contributed by atoms with Crippen molar-refractivity contribution in [2.45, 2.75) is 37.0 Å². The van der Waals surface area contributed by atoms with Crippen LogP contribution in [0.3, 0.4) is 0 Å². The van der Waals surface area contributed by atoms with Crippen LogP contribution in [0.2, 0.25) is 0 Å². The van der Waals surface area contributed by atoms with E-state index in [1.165, 1.54) is 11.8 Å². The molecular formula is C25H24N3O2PS. The van der Waals surface area contributed by atoms with Gasteiger partial charge in [0, 0.05) is 0 Å². The molecule has 32 heavy (non-hydrogen) atoms. The Morgan fingerprint density at radius 3 is 2.50 bits per heavy atom. The van der Waals surface area contributed by atoms with Crippen LogP contribution in [0.5, 0.6) is 5.75 Å². The Labute approximate surface area is 195 Å². The number of carbonyl (C=O) groups is 1. The van der Waals surface area contributed by atoms with Crippen molar-refractivity contribution in [1.29, 1.82) is 10.5 Å². The molecule has 0 saturated carbocycles. The van der Waals surface area contributed by atoms with Crippen molar-refractivity contribution in [2.24, 2.45) is 5.92 Å². The van der Waals surface area contributed by atoms with Crippen LogP contribution in [-0.4, -0.2) is 35.3 Å². The number of ether oxygens (including phenoxy) is 1. The number of hydrogen-bond donors (Lipinski definition) is 0. The molecule has 1 aliphatic rings. The van der Waals surface area contributed by atoms with Gasteiger partial charge in [0.25, 0.3) is 0 Å². The van der Waals surface area contributed by atoms with Crippen LogP contribution < -0.4 is 4.74 Å². The van der Waals surface area contributed by atoms with Gasteiger partial charge in [-0.1, -0.05) is 6.07 Å². The SMILES string of the molecule is CC(c1ccccc1)C(SC#P)C(C#N)C(=O)N1CCC(Oc2cccc(C#N)c2)CC1. The summed E-state index contributed by atoms with van der Waals surface area (Å²) in [5.41, 5.74) is 1.63. The number of likely N-dealkylation sites (tertiary alicyclic amines) is 1. The summed E-state index contributed by atoms with van der Waals surface area (Å²) < 4.78 is 6.02. The number of nitrogens with zero attached hydrogens (tertiary/aromatic N) is 3. The van der Waals surface area contributed by atoms with E-state index < -0.39 is 5.92 Å². The van der Waals surface area contributed by atoms with Gasteiger partial charge in [0.05, 0.1) is 11.6 Å². The van der Waals surface area contributed by atoms with Crippen molar-refractivity contribution in [3.8, 4) is 22.8 Å². The molecule has 1 fully saturated rings. The minimum absolute atomic E-state index is 0.0114. The molecule has 1 amide bonds. The van der Waals surface area contributed by atoms with Gasteiger partial charge in [-0.05, 0) is 6.07 Å². The summed E-state index contributed by atoms with van der Waals surface area (Å²) >= 11 is 1.30. The zero-order valence-electron chi connectivity index (χ0n) is 17.8. The fraction of sp³-hybridized carbons (Fsp3) is 0.360. The van der Waals surface area contributed by atoms with Crippen molar-refractivity contribution >= 4 is 26.4 Å². The van der Waals surface area contributed by atoms with Crippen LogP contribution in [0, 0.1) is 33.5 Å². The van der Waals surface area contributed by atoms with E-state index in [2.05, 4.69) is 25.8 Å². The third-order valence-electron chi connectivity index (χ3n) is 5.76. The average Bonchev–Trinajstić information content (AvgIpc) is 2.84. The Bertz CT molecular complexity index is 1050. The van der Waals surface area contributed by atoms with Crippen LogP contribution in [0.25, 0.3) is 0 Å². The van der Waals surface area contributed by atoms with Crippen molar-refractivity contribution in [3.63, 3.8) is 0 Å². The van der Waals surface area contributed by atoms with Crippen molar-refractivity contribution in [1.82, 2.24) is 4.90 Å². The number of benzene rings is 2. The molecule has 0 spiro atoms. The van der Waals surface area contributed by atoms with Crippen LogP contribution in [-0.2, 0) is 4.79 Å². The van der Waals surface area contributed by atoms with Gasteiger partial charge in [-0.25, -0.2) is 0 Å². The molecule has 1 aliphatic heterocycles. The predicted molar refractivity (Wildman–Crippen MR) is 128 cm³/mol. The zero-order valence-corrected chi connectivity index (χ0v) is 19.6. The summed E-state index contributed by atoms with van der Waals surface area (Å²) in [4.78, 5) is 17.8. The van der Waals surface area contributed by atoms with Crippen LogP contribution >= 0.6 is 20.5 Å². The van der Waals surface area contributed by atoms with E-state index in [0.717, 1.165) is 5.56 Å². The van der Waals surface area contributed by atoms with E-state index in [4.69, 9.17) is 10.00 Å². The summed E-state index contributed by atoms with van der Waals surface area (Å²) in [5.74, 6) is -0.291. The second-order valence-electron chi connectivity index (χ2n) is 7.76. The topological polar surface area (TPSA) is 77.1 Å². The molecule has 0 aliphatic carbocycles. The Balaban J connectivity index is 1.64. The molecule has 2 aromatic rings. The molecule has 5 nitrogen and oxygen atoms in total. The van der Waals surface area contributed by atoms with Crippen molar-refractivity contribution < 1.29 is 9.53 Å². The van der Waals surface area contributed by atoms with Crippen LogP contribution in [0.15, 0.2) is 54.6 Å². The Kier molecular flexibility index (Phi) is 8.78. The van der Waals surface area contributed by atoms with Crippen molar-refractivity contribution in [3.05, 3.63) is 65.7 Å². The number of carbonyl (C=O) groups excluding carboxylic acids is 1. The standard InChI is InChI=1S/C25H24N3O2PS/c1-18(20-7-3-2-4-8-20)24(32-17-31)23(16-27)25(29)28-12-10-21(11-13-28)30-22-9-5-6-19(14-22)15-26/h2-9,14,18,21,23-24H,10-13H2,1H3. The first-order valence-corrected chi connectivity index (χ1v) is 11.8. The number of rotatable bonds is 7. The normalized spacial score (nSPS) is 16.6. The first kappa shape index (κ1) is 23.9. The fourth-order valence-corrected chi connectivity index (χ4v) is 5.12. The molecule has 7 heteroatoms. The second kappa shape index (κ2) is 11.8. The fourth-order valence-electron chi connectivity index (χ4n) is 3.96. The maximum absolute atomic E-state index is 13.3. The summed E-state index contributed by atoms with van der Waals surface area (Å²) in [5, 5.41) is 18.7. The Hall–Kier alpha value is -2.75. The Morgan fingerprint density at radius 2 is 1.88 bits per heavy atom. The quantitative estimate of drug-likeness (QED) is 0.523. The molecule has 1 saturated heterocycles. The monoisotopic (exact) mass is 461 g/mol. The molecule has 0 radical (unpaired) electrons. The van der Waals surface area contributed by atoms with Gasteiger partial charge >= 0.3 is 167 Å². The average molecular weight is 462 g/mol. The minimum atomic E-state index is -0.792. The molecule has 1 heterocycles. The molecule has 3 unspecified atom stereocenters. The van der Waals surface area contributed by atoms with E-state index in [1.807, 2.05) is 43.3 Å². The maximum atomic E-state index is 13.3. The van der Waals surface area contributed by atoms with Crippen molar-refractivity contribution in [2.75, 3.05) is 13.1 Å². The van der Waals surface area contributed by atoms with E-state index in [-0.39, 0.29) is 23.2 Å².